The van der Waals surface area contributed by atoms with E-state index in [1.165, 1.54) is 12.5 Å². The number of rotatable bonds is 3. The normalized spacial score (nSPS) is 25.3. The van der Waals surface area contributed by atoms with Gasteiger partial charge in [0.05, 0.1) is 18.6 Å². The molecular weight excluding hydrogens is 206 g/mol. The fourth-order valence-corrected chi connectivity index (χ4v) is 2.13. The minimum absolute atomic E-state index is 0.157. The number of hydrogen-bond acceptors (Lipinski definition) is 3. The van der Waals surface area contributed by atoms with Crippen LogP contribution in [-0.4, -0.2) is 33.6 Å². The number of aliphatic hydroxyl groups is 1. The summed E-state index contributed by atoms with van der Waals surface area (Å²) in [6.45, 7) is 0.541. The third kappa shape index (κ3) is 2.61. The maximum absolute atomic E-state index is 11.6. The second kappa shape index (κ2) is 5.12. The molecule has 1 amide bonds. The molecule has 2 unspecified atom stereocenters. The molecule has 1 aromatic heterocycles. The Labute approximate surface area is 94.3 Å². The highest BCUT2D eigenvalue weighted by molar-refractivity contribution is 5.91. The largest absolute Gasteiger partial charge is 0.393 e. The Hall–Kier alpha value is -1.36. The number of imidazole rings is 1. The number of carbonyl (C=O) groups excluding carboxylic acids is 1. The second-order valence-electron chi connectivity index (χ2n) is 4.29. The minimum Gasteiger partial charge on any atom is -0.393 e. The number of carbonyl (C=O) groups is 1. The summed E-state index contributed by atoms with van der Waals surface area (Å²) in [5.41, 5.74) is 0.463. The molecule has 1 heterocycles. The molecule has 0 saturated heterocycles. The van der Waals surface area contributed by atoms with Gasteiger partial charge in [-0.15, -0.1) is 0 Å². The number of H-pyrrole nitrogens is 1. The highest BCUT2D eigenvalue weighted by Gasteiger charge is 2.23. The average Bonchev–Trinajstić information content (AvgIpc) is 2.81. The Balaban J connectivity index is 1.80. The summed E-state index contributed by atoms with van der Waals surface area (Å²) < 4.78 is 0. The van der Waals surface area contributed by atoms with Gasteiger partial charge in [0.2, 0.25) is 0 Å². The van der Waals surface area contributed by atoms with Crippen LogP contribution in [0.15, 0.2) is 12.5 Å². The maximum atomic E-state index is 11.6. The van der Waals surface area contributed by atoms with E-state index in [9.17, 15) is 9.90 Å². The summed E-state index contributed by atoms with van der Waals surface area (Å²) in [6, 6.07) is 0. The molecule has 0 aliphatic heterocycles. The van der Waals surface area contributed by atoms with Crippen molar-refractivity contribution in [2.24, 2.45) is 5.92 Å². The summed E-state index contributed by atoms with van der Waals surface area (Å²) in [5.74, 6) is 0.0379. The van der Waals surface area contributed by atoms with Gasteiger partial charge in [0.25, 0.3) is 5.91 Å². The van der Waals surface area contributed by atoms with Crippen LogP contribution >= 0.6 is 0 Å². The predicted molar refractivity (Wildman–Crippen MR) is 58.9 cm³/mol. The number of aromatic amines is 1. The standard InChI is InChI=1S/C11H17N3O2/c15-10-4-2-1-3-8(10)5-13-11(16)9-6-12-7-14-9/h6-8,10,15H,1-5H2,(H,12,14)(H,13,16). The number of amides is 1. The molecule has 1 aromatic rings. The molecule has 1 aliphatic carbocycles. The molecule has 1 fully saturated rings. The first kappa shape index (κ1) is 11.1. The van der Waals surface area contributed by atoms with Crippen molar-refractivity contribution >= 4 is 5.91 Å². The molecule has 0 spiro atoms. The molecule has 0 aromatic carbocycles. The van der Waals surface area contributed by atoms with Crippen LogP contribution in [0.1, 0.15) is 36.2 Å². The van der Waals surface area contributed by atoms with Gasteiger partial charge >= 0.3 is 0 Å². The third-order valence-electron chi connectivity index (χ3n) is 3.14. The van der Waals surface area contributed by atoms with E-state index in [4.69, 9.17) is 0 Å². The lowest BCUT2D eigenvalue weighted by molar-refractivity contribution is 0.0662. The van der Waals surface area contributed by atoms with Gasteiger partial charge in [0, 0.05) is 12.5 Å². The molecule has 5 nitrogen and oxygen atoms in total. The van der Waals surface area contributed by atoms with Crippen molar-refractivity contribution in [3.05, 3.63) is 18.2 Å². The lowest BCUT2D eigenvalue weighted by atomic mass is 9.86. The number of nitrogens with zero attached hydrogens (tertiary/aromatic N) is 1. The number of aromatic nitrogens is 2. The van der Waals surface area contributed by atoms with Gasteiger partial charge in [-0.2, -0.15) is 0 Å². The Kier molecular flexibility index (Phi) is 3.56. The van der Waals surface area contributed by atoms with E-state index in [2.05, 4.69) is 15.3 Å². The fourth-order valence-electron chi connectivity index (χ4n) is 2.13. The van der Waals surface area contributed by atoms with Crippen LogP contribution in [0.2, 0.25) is 0 Å². The van der Waals surface area contributed by atoms with E-state index in [-0.39, 0.29) is 17.9 Å². The molecule has 16 heavy (non-hydrogen) atoms. The maximum Gasteiger partial charge on any atom is 0.269 e. The molecule has 1 aliphatic rings. The monoisotopic (exact) mass is 223 g/mol. The summed E-state index contributed by atoms with van der Waals surface area (Å²) in [4.78, 5) is 18.1. The van der Waals surface area contributed by atoms with Crippen LogP contribution in [0, 0.1) is 5.92 Å². The van der Waals surface area contributed by atoms with E-state index in [0.717, 1.165) is 25.7 Å². The SMILES string of the molecule is O=C(NCC1CCCCC1O)c1cnc[nH]1. The van der Waals surface area contributed by atoms with Crippen LogP contribution in [0.25, 0.3) is 0 Å². The molecular formula is C11H17N3O2. The zero-order chi connectivity index (χ0) is 11.4. The van der Waals surface area contributed by atoms with Gasteiger partial charge in [-0.3, -0.25) is 4.79 Å². The molecule has 88 valence electrons. The first-order valence-corrected chi connectivity index (χ1v) is 5.72. The van der Waals surface area contributed by atoms with Gasteiger partial charge < -0.3 is 15.4 Å². The quantitative estimate of drug-likeness (QED) is 0.705. The first-order valence-electron chi connectivity index (χ1n) is 5.72. The van der Waals surface area contributed by atoms with Gasteiger partial charge in [-0.1, -0.05) is 12.8 Å². The van der Waals surface area contributed by atoms with Gasteiger partial charge in [-0.05, 0) is 12.8 Å². The van der Waals surface area contributed by atoms with Gasteiger partial charge in [-0.25, -0.2) is 4.98 Å². The Morgan fingerprint density at radius 2 is 2.38 bits per heavy atom. The highest BCUT2D eigenvalue weighted by Crippen LogP contribution is 2.23. The average molecular weight is 223 g/mol. The van der Waals surface area contributed by atoms with Crippen LogP contribution in [0.5, 0.6) is 0 Å². The number of aliphatic hydroxyl groups excluding tert-OH is 1. The first-order chi connectivity index (χ1) is 7.77. The van der Waals surface area contributed by atoms with Crippen molar-refractivity contribution in [2.45, 2.75) is 31.8 Å². The summed E-state index contributed by atoms with van der Waals surface area (Å²) in [5, 5.41) is 12.6. The van der Waals surface area contributed by atoms with E-state index in [1.54, 1.807) is 0 Å². The summed E-state index contributed by atoms with van der Waals surface area (Å²) in [6.07, 6.45) is 6.77. The van der Waals surface area contributed by atoms with Crippen LogP contribution in [0.3, 0.4) is 0 Å². The minimum atomic E-state index is -0.268. The van der Waals surface area contributed by atoms with Crippen LogP contribution in [-0.2, 0) is 0 Å². The van der Waals surface area contributed by atoms with Crippen LogP contribution in [0.4, 0.5) is 0 Å². The van der Waals surface area contributed by atoms with Crippen molar-refractivity contribution in [3.63, 3.8) is 0 Å². The van der Waals surface area contributed by atoms with Crippen molar-refractivity contribution < 1.29 is 9.90 Å². The number of nitrogens with one attached hydrogen (secondary N) is 2. The summed E-state index contributed by atoms with van der Waals surface area (Å²) >= 11 is 0. The van der Waals surface area contributed by atoms with Crippen molar-refractivity contribution in [2.75, 3.05) is 6.54 Å². The van der Waals surface area contributed by atoms with Crippen molar-refractivity contribution in [3.8, 4) is 0 Å². The predicted octanol–water partition coefficient (Wildman–Crippen LogP) is 0.691. The lowest BCUT2D eigenvalue weighted by Crippen LogP contribution is -2.36. The van der Waals surface area contributed by atoms with E-state index in [1.807, 2.05) is 0 Å². The van der Waals surface area contributed by atoms with Crippen LogP contribution < -0.4 is 5.32 Å². The highest BCUT2D eigenvalue weighted by atomic mass is 16.3. The molecule has 1 saturated carbocycles. The van der Waals surface area contributed by atoms with E-state index < -0.39 is 0 Å². The smallest absolute Gasteiger partial charge is 0.269 e. The molecule has 2 rings (SSSR count). The summed E-state index contributed by atoms with van der Waals surface area (Å²) in [7, 11) is 0. The van der Waals surface area contributed by atoms with Gasteiger partial charge in [0.15, 0.2) is 0 Å². The van der Waals surface area contributed by atoms with Gasteiger partial charge in [0.1, 0.15) is 5.69 Å². The van der Waals surface area contributed by atoms with E-state index >= 15 is 0 Å². The topological polar surface area (TPSA) is 78.0 Å². The Morgan fingerprint density at radius 1 is 1.56 bits per heavy atom. The number of hydrogen-bond donors (Lipinski definition) is 3. The molecule has 2 atom stereocenters. The molecule has 0 radical (unpaired) electrons. The second-order valence-corrected chi connectivity index (χ2v) is 4.29. The third-order valence-corrected chi connectivity index (χ3v) is 3.14. The molecule has 5 heteroatoms. The molecule has 3 N–H and O–H groups in total. The zero-order valence-corrected chi connectivity index (χ0v) is 9.15. The van der Waals surface area contributed by atoms with Crippen molar-refractivity contribution in [1.82, 2.24) is 15.3 Å². The van der Waals surface area contributed by atoms with Crippen molar-refractivity contribution in [1.29, 1.82) is 0 Å². The van der Waals surface area contributed by atoms with E-state index in [0.29, 0.717) is 12.2 Å². The fraction of sp³-hybridized carbons (Fsp3) is 0.636. The molecule has 0 bridgehead atoms. The Bertz CT molecular complexity index is 337. The Morgan fingerprint density at radius 3 is 3.06 bits per heavy atom. The lowest BCUT2D eigenvalue weighted by Gasteiger charge is -2.27. The zero-order valence-electron chi connectivity index (χ0n) is 9.15.